The van der Waals surface area contributed by atoms with Crippen LogP contribution in [-0.4, -0.2) is 192 Å². The molecule has 0 aromatic rings. The van der Waals surface area contributed by atoms with Gasteiger partial charge in [0.2, 0.25) is 0 Å². The Hall–Kier alpha value is -1.47. The van der Waals surface area contributed by atoms with E-state index in [1.807, 2.05) is 0 Å². The molecule has 0 aromatic carbocycles. The third-order valence-electron chi connectivity index (χ3n) is 16.3. The molecular formula is C41H64O19. The number of cyclic esters (lactones) is 1. The highest BCUT2D eigenvalue weighted by Gasteiger charge is 2.68. The maximum Gasteiger partial charge on any atom is 0.331 e. The molecule has 0 unspecified atom stereocenters. The summed E-state index contributed by atoms with van der Waals surface area (Å²) in [6, 6.07) is 0. The van der Waals surface area contributed by atoms with Crippen LogP contribution >= 0.6 is 0 Å². The molecule has 8 rings (SSSR count). The Bertz CT molecular complexity index is 1570. The zero-order valence-corrected chi connectivity index (χ0v) is 34.0. The van der Waals surface area contributed by atoms with E-state index in [0.29, 0.717) is 31.8 Å². The molecule has 19 heteroatoms. The van der Waals surface area contributed by atoms with Gasteiger partial charge in [-0.1, -0.05) is 13.8 Å². The molecule has 342 valence electrons. The van der Waals surface area contributed by atoms with Crippen LogP contribution in [0.25, 0.3) is 0 Å². The van der Waals surface area contributed by atoms with Crippen LogP contribution in [-0.2, 0) is 38.0 Å². The molecule has 19 nitrogen and oxygen atoms in total. The summed E-state index contributed by atoms with van der Waals surface area (Å²) in [6.45, 7) is 3.04. The zero-order chi connectivity index (χ0) is 43.1. The average molecular weight is 861 g/mol. The number of aliphatic hydroxyl groups is 11. The summed E-state index contributed by atoms with van der Waals surface area (Å²) >= 11 is 0. The van der Waals surface area contributed by atoms with Crippen molar-refractivity contribution in [1.82, 2.24) is 0 Å². The van der Waals surface area contributed by atoms with Gasteiger partial charge in [-0.15, -0.1) is 0 Å². The molecule has 3 saturated heterocycles. The van der Waals surface area contributed by atoms with Crippen molar-refractivity contribution in [3.8, 4) is 0 Å². The SMILES string of the molecule is C[C@]12CC[C@H](O[C@H]3O[C@@H](CO[C@H]4O[C@@H](CO[C@H]5O[C@@H](CO)[C@H](O)[C@@H](O)[C@@H]5O)[C@H](O)[C@@H](O)[C@@H]4O)[C@H](O)[C@@H](O)[C@@H]3O)C[C@@H]1CC[C@@H]1[C@H]2CC[C@]2(C)[C@@H](C3=CC(=O)OC3)CC[C@]12O. The third kappa shape index (κ3) is 7.59. The normalized spacial score (nSPS) is 54.4. The number of hydrogen-bond donors (Lipinski definition) is 11. The number of carbonyl (C=O) groups excluding carboxylic acids is 1. The number of hydrogen-bond acceptors (Lipinski definition) is 19. The average Bonchev–Trinajstić information content (AvgIpc) is 3.78. The maximum atomic E-state index is 12.6. The second-order valence-corrected chi connectivity index (χ2v) is 19.2. The van der Waals surface area contributed by atoms with Crippen molar-refractivity contribution in [1.29, 1.82) is 0 Å². The predicted molar refractivity (Wildman–Crippen MR) is 200 cm³/mol. The smallest absolute Gasteiger partial charge is 0.331 e. The molecule has 0 radical (unpaired) electrons. The van der Waals surface area contributed by atoms with Crippen molar-refractivity contribution in [3.63, 3.8) is 0 Å². The molecule has 60 heavy (non-hydrogen) atoms. The Morgan fingerprint density at radius 1 is 0.650 bits per heavy atom. The van der Waals surface area contributed by atoms with E-state index >= 15 is 0 Å². The molecule has 4 saturated carbocycles. The Morgan fingerprint density at radius 3 is 1.80 bits per heavy atom. The van der Waals surface area contributed by atoms with E-state index in [2.05, 4.69) is 13.8 Å². The quantitative estimate of drug-likeness (QED) is 0.0775. The van der Waals surface area contributed by atoms with Gasteiger partial charge in [-0.2, -0.15) is 0 Å². The van der Waals surface area contributed by atoms with E-state index in [4.69, 9.17) is 33.2 Å². The largest absolute Gasteiger partial charge is 0.458 e. The van der Waals surface area contributed by atoms with E-state index in [0.717, 1.165) is 44.1 Å². The van der Waals surface area contributed by atoms with Crippen LogP contribution in [0.1, 0.15) is 71.6 Å². The summed E-state index contributed by atoms with van der Waals surface area (Å²) in [7, 11) is 0. The second-order valence-electron chi connectivity index (χ2n) is 19.2. The minimum absolute atomic E-state index is 0.0571. The summed E-state index contributed by atoms with van der Waals surface area (Å²) in [4.78, 5) is 11.9. The lowest BCUT2D eigenvalue weighted by Gasteiger charge is -2.64. The first kappa shape index (κ1) is 45.1. The number of ether oxygens (including phenoxy) is 7. The molecule has 23 atom stereocenters. The fraction of sp³-hybridized carbons (Fsp3) is 0.927. The van der Waals surface area contributed by atoms with Gasteiger partial charge in [-0.05, 0) is 92.4 Å². The van der Waals surface area contributed by atoms with Crippen LogP contribution in [0, 0.1) is 34.5 Å². The standard InChI is InChI=1S/C41H64O19/c1-39-8-5-19(12-18(39)3-4-22-21(39)6-9-40(2)20(7-10-41(22,40)53)17-11-26(43)54-14-17)57-38-35(52)32(49)29(46)25(60-38)16-56-37-34(51)31(48)28(45)24(59-37)15-55-36-33(50)30(47)27(44)23(13-42)58-36/h11,18-25,27-38,42,44-53H,3-10,12-16H2,1-2H3/t18-,19-,20+,21+,22+,23-,24-,25-,27-,28-,29-,30+,31+,32+,33-,34-,35-,36-,37-,38-,39-,40+,41-/m0/s1. The van der Waals surface area contributed by atoms with Crippen molar-refractivity contribution >= 4 is 5.97 Å². The Morgan fingerprint density at radius 2 is 1.22 bits per heavy atom. The molecular weight excluding hydrogens is 796 g/mol. The lowest BCUT2D eigenvalue weighted by atomic mass is 9.43. The highest BCUT2D eigenvalue weighted by Crippen LogP contribution is 2.70. The topological polar surface area (TPSA) is 304 Å². The van der Waals surface area contributed by atoms with E-state index in [1.165, 1.54) is 0 Å². The second kappa shape index (κ2) is 17.2. The molecule has 0 amide bonds. The molecule has 0 spiro atoms. The lowest BCUT2D eigenvalue weighted by molar-refractivity contribution is -0.346. The lowest BCUT2D eigenvalue weighted by Crippen LogP contribution is -2.63. The number of esters is 1. The molecule has 0 bridgehead atoms. The molecule has 4 heterocycles. The fourth-order valence-corrected chi connectivity index (χ4v) is 12.6. The molecule has 11 N–H and O–H groups in total. The molecule has 4 aliphatic heterocycles. The van der Waals surface area contributed by atoms with Gasteiger partial charge in [0.1, 0.15) is 79.9 Å². The number of aliphatic hydroxyl groups excluding tert-OH is 10. The summed E-state index contributed by atoms with van der Waals surface area (Å²) < 4.78 is 39.8. The minimum atomic E-state index is -1.81. The summed E-state index contributed by atoms with van der Waals surface area (Å²) in [5.74, 6) is 0.499. The monoisotopic (exact) mass is 860 g/mol. The van der Waals surface area contributed by atoms with Gasteiger partial charge >= 0.3 is 5.97 Å². The highest BCUT2D eigenvalue weighted by molar-refractivity contribution is 5.85. The predicted octanol–water partition coefficient (Wildman–Crippen LogP) is -2.92. The molecule has 8 aliphatic rings. The summed E-state index contributed by atoms with van der Waals surface area (Å²) in [6.07, 6.45) is -15.3. The van der Waals surface area contributed by atoms with Gasteiger partial charge in [0.25, 0.3) is 0 Å². The Balaban J connectivity index is 0.864. The van der Waals surface area contributed by atoms with E-state index < -0.39 is 118 Å². The fourth-order valence-electron chi connectivity index (χ4n) is 12.6. The van der Waals surface area contributed by atoms with Gasteiger partial charge in [0.05, 0.1) is 31.5 Å². The minimum Gasteiger partial charge on any atom is -0.458 e. The van der Waals surface area contributed by atoms with Crippen molar-refractivity contribution in [2.45, 2.75) is 175 Å². The number of rotatable bonds is 10. The van der Waals surface area contributed by atoms with E-state index in [1.54, 1.807) is 6.08 Å². The summed E-state index contributed by atoms with van der Waals surface area (Å²) in [5.41, 5.74) is -0.244. The Kier molecular flexibility index (Phi) is 12.9. The molecule has 0 aromatic heterocycles. The van der Waals surface area contributed by atoms with Crippen LogP contribution in [0.4, 0.5) is 0 Å². The molecule has 7 fully saturated rings. The van der Waals surface area contributed by atoms with Crippen molar-refractivity contribution in [2.75, 3.05) is 26.4 Å². The van der Waals surface area contributed by atoms with Gasteiger partial charge in [0, 0.05) is 11.5 Å². The first-order valence-electron chi connectivity index (χ1n) is 21.6. The van der Waals surface area contributed by atoms with Crippen LogP contribution in [0.5, 0.6) is 0 Å². The van der Waals surface area contributed by atoms with Gasteiger partial charge in [-0.3, -0.25) is 0 Å². The first-order chi connectivity index (χ1) is 28.4. The summed E-state index contributed by atoms with van der Waals surface area (Å²) in [5, 5.41) is 117. The number of carbonyl (C=O) groups is 1. The van der Waals surface area contributed by atoms with Crippen LogP contribution in [0.3, 0.4) is 0 Å². The number of fused-ring (bicyclic) bond motifs is 5. The van der Waals surface area contributed by atoms with Crippen molar-refractivity contribution < 1.29 is 94.1 Å². The van der Waals surface area contributed by atoms with Crippen molar-refractivity contribution in [3.05, 3.63) is 11.6 Å². The maximum absolute atomic E-state index is 12.6. The van der Waals surface area contributed by atoms with Gasteiger partial charge < -0.3 is 89.3 Å². The first-order valence-corrected chi connectivity index (χ1v) is 21.6. The molecule has 4 aliphatic carbocycles. The van der Waals surface area contributed by atoms with E-state index in [9.17, 15) is 61.0 Å². The highest BCUT2D eigenvalue weighted by atomic mass is 16.7. The van der Waals surface area contributed by atoms with Crippen LogP contribution in [0.2, 0.25) is 0 Å². The Labute approximate surface area is 347 Å². The van der Waals surface area contributed by atoms with Crippen LogP contribution < -0.4 is 0 Å². The van der Waals surface area contributed by atoms with Gasteiger partial charge in [-0.25, -0.2) is 4.79 Å². The van der Waals surface area contributed by atoms with E-state index in [-0.39, 0.29) is 40.7 Å². The zero-order valence-electron chi connectivity index (χ0n) is 34.0. The third-order valence-corrected chi connectivity index (χ3v) is 16.3. The van der Waals surface area contributed by atoms with Crippen LogP contribution in [0.15, 0.2) is 11.6 Å². The van der Waals surface area contributed by atoms with Gasteiger partial charge in [0.15, 0.2) is 18.9 Å². The van der Waals surface area contributed by atoms with Crippen molar-refractivity contribution in [2.24, 2.45) is 34.5 Å².